The maximum absolute atomic E-state index is 13.2. The Morgan fingerprint density at radius 3 is 2.18 bits per heavy atom. The van der Waals surface area contributed by atoms with E-state index in [-0.39, 0.29) is 4.90 Å². The van der Waals surface area contributed by atoms with Gasteiger partial charge in [0.05, 0.1) is 21.5 Å². The lowest BCUT2D eigenvalue weighted by molar-refractivity contribution is 0.0217. The fraction of sp³-hybridized carbons (Fsp3) is 0.321. The summed E-state index contributed by atoms with van der Waals surface area (Å²) >= 11 is 0. The minimum atomic E-state index is -3.54. The molecular weight excluding hydrogens is 516 g/mol. The molecule has 1 fully saturated rings. The monoisotopic (exact) mass is 550 g/mol. The van der Waals surface area contributed by atoms with Crippen LogP contribution in [0.1, 0.15) is 44.7 Å². The van der Waals surface area contributed by atoms with E-state index >= 15 is 0 Å². The summed E-state index contributed by atoms with van der Waals surface area (Å²) < 4.78 is 31.8. The smallest absolute Gasteiger partial charge is 0.410 e. The molecule has 0 bridgehead atoms. The summed E-state index contributed by atoms with van der Waals surface area (Å²) in [7, 11) is -3.54. The summed E-state index contributed by atoms with van der Waals surface area (Å²) in [6, 6.07) is 11.9. The number of amides is 1. The zero-order chi connectivity index (χ0) is 28.2. The third-order valence-electron chi connectivity index (χ3n) is 6.22. The van der Waals surface area contributed by atoms with Gasteiger partial charge >= 0.3 is 6.09 Å². The highest BCUT2D eigenvalue weighted by Crippen LogP contribution is 2.27. The van der Waals surface area contributed by atoms with E-state index in [9.17, 15) is 13.2 Å². The van der Waals surface area contributed by atoms with Crippen LogP contribution in [0.2, 0.25) is 0 Å². The minimum Gasteiger partial charge on any atom is -0.444 e. The van der Waals surface area contributed by atoms with Crippen LogP contribution in [-0.2, 0) is 14.6 Å². The van der Waals surface area contributed by atoms with Crippen LogP contribution in [0.15, 0.2) is 59.8 Å². The lowest BCUT2D eigenvalue weighted by Crippen LogP contribution is -2.44. The number of nitrogen functional groups attached to an aromatic ring is 2. The Balaban J connectivity index is 1.33. The van der Waals surface area contributed by atoms with Crippen molar-refractivity contribution in [3.63, 3.8) is 0 Å². The topological polar surface area (TPSA) is 154 Å². The zero-order valence-corrected chi connectivity index (χ0v) is 23.1. The van der Waals surface area contributed by atoms with E-state index in [0.29, 0.717) is 48.9 Å². The van der Waals surface area contributed by atoms with E-state index in [1.807, 2.05) is 18.2 Å². The summed E-state index contributed by atoms with van der Waals surface area (Å²) in [4.78, 5) is 22.8. The second-order valence-electron chi connectivity index (χ2n) is 10.4. The Morgan fingerprint density at radius 2 is 1.59 bits per heavy atom. The van der Waals surface area contributed by atoms with Crippen molar-refractivity contribution in [2.45, 2.75) is 49.4 Å². The number of rotatable bonds is 6. The maximum atomic E-state index is 13.2. The van der Waals surface area contributed by atoms with Crippen LogP contribution in [0.3, 0.4) is 0 Å². The molecule has 1 saturated heterocycles. The Labute approximate surface area is 229 Å². The highest BCUT2D eigenvalue weighted by molar-refractivity contribution is 7.92. The van der Waals surface area contributed by atoms with Gasteiger partial charge in [0.25, 0.3) is 0 Å². The quantitative estimate of drug-likeness (QED) is 0.370. The summed E-state index contributed by atoms with van der Waals surface area (Å²) in [6.07, 6.45) is 7.43. The van der Waals surface area contributed by atoms with E-state index in [0.717, 1.165) is 11.1 Å². The fourth-order valence-electron chi connectivity index (χ4n) is 4.10. The molecule has 10 nitrogen and oxygen atoms in total. The van der Waals surface area contributed by atoms with Crippen LogP contribution in [0.5, 0.6) is 0 Å². The number of ether oxygens (including phenoxy) is 1. The number of nitrogens with two attached hydrogens (primary N) is 2. The van der Waals surface area contributed by atoms with Crippen molar-refractivity contribution in [2.75, 3.05) is 29.9 Å². The summed E-state index contributed by atoms with van der Waals surface area (Å²) in [6.45, 7) is 6.10. The standard InChI is InChI=1S/C28H34N6O4S/c1-28(2,3)38-27(35)34-14-12-23(13-15-34)39(36,37)22-9-7-21(8-10-22)33-26-31-17-20(18-32-26)5-4-19-6-11-24(29)25(30)16-19/h4-11,16-18,23H,12-15,29-30H2,1-3H3,(H,31,32,33). The first kappa shape index (κ1) is 27.9. The molecule has 1 aliphatic rings. The maximum Gasteiger partial charge on any atom is 0.410 e. The minimum absolute atomic E-state index is 0.244. The highest BCUT2D eigenvalue weighted by Gasteiger charge is 2.34. The molecule has 0 spiro atoms. The molecule has 0 unspecified atom stereocenters. The first-order valence-electron chi connectivity index (χ1n) is 12.6. The van der Waals surface area contributed by atoms with Gasteiger partial charge in [-0.2, -0.15) is 0 Å². The normalized spacial score (nSPS) is 14.9. The van der Waals surface area contributed by atoms with Crippen molar-refractivity contribution in [3.05, 3.63) is 66.0 Å². The second-order valence-corrected chi connectivity index (χ2v) is 12.7. The number of carbonyl (C=O) groups excluding carboxylic acids is 1. The highest BCUT2D eigenvalue weighted by atomic mass is 32.2. The number of hydrogen-bond donors (Lipinski definition) is 3. The first-order chi connectivity index (χ1) is 18.4. The van der Waals surface area contributed by atoms with Crippen LogP contribution < -0.4 is 16.8 Å². The van der Waals surface area contributed by atoms with Crippen molar-refractivity contribution in [3.8, 4) is 0 Å². The molecule has 0 radical (unpaired) electrons. The third-order valence-corrected chi connectivity index (χ3v) is 8.50. The number of sulfone groups is 1. The molecule has 39 heavy (non-hydrogen) atoms. The van der Waals surface area contributed by atoms with E-state index < -0.39 is 26.8 Å². The van der Waals surface area contributed by atoms with Crippen molar-refractivity contribution < 1.29 is 17.9 Å². The number of likely N-dealkylation sites (tertiary alicyclic amines) is 1. The van der Waals surface area contributed by atoms with Crippen LogP contribution in [0.25, 0.3) is 12.2 Å². The second kappa shape index (κ2) is 11.3. The molecule has 1 amide bonds. The Kier molecular flexibility index (Phi) is 8.10. The van der Waals surface area contributed by atoms with Crippen molar-refractivity contribution >= 4 is 51.1 Å². The molecule has 0 atom stereocenters. The number of nitrogens with zero attached hydrogens (tertiary/aromatic N) is 3. The van der Waals surface area contributed by atoms with Crippen molar-refractivity contribution in [2.24, 2.45) is 0 Å². The van der Waals surface area contributed by atoms with E-state index in [1.165, 1.54) is 0 Å². The Morgan fingerprint density at radius 1 is 0.974 bits per heavy atom. The van der Waals surface area contributed by atoms with Gasteiger partial charge in [-0.15, -0.1) is 0 Å². The molecule has 0 saturated carbocycles. The molecule has 5 N–H and O–H groups in total. The van der Waals surface area contributed by atoms with Crippen molar-refractivity contribution in [1.82, 2.24) is 14.9 Å². The molecule has 3 aromatic rings. The summed E-state index contributed by atoms with van der Waals surface area (Å²) in [5.41, 5.74) is 14.4. The largest absolute Gasteiger partial charge is 0.444 e. The number of benzene rings is 2. The van der Waals surface area contributed by atoms with Gasteiger partial charge in [-0.25, -0.2) is 23.2 Å². The number of anilines is 4. The molecule has 11 heteroatoms. The van der Waals surface area contributed by atoms with E-state index in [4.69, 9.17) is 16.2 Å². The van der Waals surface area contributed by atoms with Crippen LogP contribution in [-0.4, -0.2) is 53.3 Å². The first-order valence-corrected chi connectivity index (χ1v) is 14.2. The Bertz CT molecular complexity index is 1440. The summed E-state index contributed by atoms with van der Waals surface area (Å²) in [5, 5.41) is 2.53. The zero-order valence-electron chi connectivity index (χ0n) is 22.3. The lowest BCUT2D eigenvalue weighted by Gasteiger charge is -2.33. The van der Waals surface area contributed by atoms with Crippen LogP contribution in [0, 0.1) is 0 Å². The van der Waals surface area contributed by atoms with Crippen LogP contribution in [0.4, 0.5) is 27.8 Å². The van der Waals surface area contributed by atoms with Gasteiger partial charge in [0, 0.05) is 36.7 Å². The molecule has 2 heterocycles. The molecule has 1 aliphatic heterocycles. The van der Waals surface area contributed by atoms with Gasteiger partial charge < -0.3 is 26.4 Å². The van der Waals surface area contributed by atoms with Gasteiger partial charge in [0.2, 0.25) is 5.95 Å². The number of hydrogen-bond acceptors (Lipinski definition) is 9. The van der Waals surface area contributed by atoms with E-state index in [2.05, 4.69) is 15.3 Å². The predicted octanol–water partition coefficient (Wildman–Crippen LogP) is 4.73. The number of nitrogens with one attached hydrogen (secondary N) is 1. The number of carbonyl (C=O) groups is 1. The van der Waals surface area contributed by atoms with Gasteiger partial charge in [-0.1, -0.05) is 18.2 Å². The van der Waals surface area contributed by atoms with Crippen LogP contribution >= 0.6 is 0 Å². The fourth-order valence-corrected chi connectivity index (χ4v) is 5.83. The molecular formula is C28H34N6O4S. The number of piperidine rings is 1. The van der Waals surface area contributed by atoms with Gasteiger partial charge in [-0.05, 0) is 75.6 Å². The molecule has 1 aromatic heterocycles. The predicted molar refractivity (Wildman–Crippen MR) is 154 cm³/mol. The Hall–Kier alpha value is -4.12. The SMILES string of the molecule is CC(C)(C)OC(=O)N1CCC(S(=O)(=O)c2ccc(Nc3ncc(C=Cc4ccc(N)c(N)c4)cn3)cc2)CC1. The molecule has 0 aliphatic carbocycles. The number of aromatic nitrogens is 2. The van der Waals surface area contributed by atoms with Gasteiger partial charge in [-0.3, -0.25) is 0 Å². The lowest BCUT2D eigenvalue weighted by atomic mass is 10.1. The average Bonchev–Trinajstić information content (AvgIpc) is 2.89. The third kappa shape index (κ3) is 7.26. The molecule has 4 rings (SSSR count). The molecule has 2 aromatic carbocycles. The summed E-state index contributed by atoms with van der Waals surface area (Å²) in [5.74, 6) is 0.383. The average molecular weight is 551 g/mol. The van der Waals surface area contributed by atoms with Gasteiger partial charge in [0.15, 0.2) is 9.84 Å². The molecule has 206 valence electrons. The van der Waals surface area contributed by atoms with E-state index in [1.54, 1.807) is 74.5 Å². The van der Waals surface area contributed by atoms with Crippen molar-refractivity contribution in [1.29, 1.82) is 0 Å². The van der Waals surface area contributed by atoms with Gasteiger partial charge in [0.1, 0.15) is 5.60 Å².